The zero-order chi connectivity index (χ0) is 22.4. The molecule has 1 saturated heterocycles. The molecule has 0 radical (unpaired) electrons. The van der Waals surface area contributed by atoms with Crippen molar-refractivity contribution < 1.29 is 22.3 Å². The molecule has 0 saturated carbocycles. The molecule has 2 aliphatic rings. The van der Waals surface area contributed by atoms with Crippen LogP contribution in [0.15, 0.2) is 18.2 Å². The van der Waals surface area contributed by atoms with E-state index in [1.807, 2.05) is 4.90 Å². The van der Waals surface area contributed by atoms with Gasteiger partial charge in [-0.1, -0.05) is 0 Å². The van der Waals surface area contributed by atoms with Crippen molar-refractivity contribution >= 4 is 5.84 Å². The molecular weight excluding hydrogens is 418 g/mol. The largest absolute Gasteiger partial charge is 0.370 e. The fourth-order valence-electron chi connectivity index (χ4n) is 4.19. The summed E-state index contributed by atoms with van der Waals surface area (Å²) in [7, 11) is 1.38. The zero-order valence-electron chi connectivity index (χ0n) is 16.7. The van der Waals surface area contributed by atoms with E-state index in [2.05, 4.69) is 4.98 Å². The van der Waals surface area contributed by atoms with Crippen molar-refractivity contribution in [2.75, 3.05) is 13.7 Å². The van der Waals surface area contributed by atoms with Gasteiger partial charge in [0.25, 0.3) is 0 Å². The van der Waals surface area contributed by atoms with Crippen LogP contribution >= 0.6 is 0 Å². The molecule has 4 rings (SSSR count). The van der Waals surface area contributed by atoms with Gasteiger partial charge in [-0.3, -0.25) is 19.9 Å². The number of imidazole rings is 1. The van der Waals surface area contributed by atoms with Gasteiger partial charge in [0.1, 0.15) is 17.7 Å². The average Bonchev–Trinajstić information content (AvgIpc) is 3.27. The molecule has 8 nitrogen and oxygen atoms in total. The highest BCUT2D eigenvalue weighted by molar-refractivity contribution is 5.92. The summed E-state index contributed by atoms with van der Waals surface area (Å²) in [6, 6.07) is 2.33. The molecule has 1 aromatic heterocycles. The fourth-order valence-corrected chi connectivity index (χ4v) is 4.19. The van der Waals surface area contributed by atoms with Crippen LogP contribution in [0.2, 0.25) is 0 Å². The third kappa shape index (κ3) is 3.91. The maximum absolute atomic E-state index is 14.1. The summed E-state index contributed by atoms with van der Waals surface area (Å²) in [4.78, 5) is 6.12. The van der Waals surface area contributed by atoms with Crippen LogP contribution in [0, 0.1) is 17.0 Å². The molecule has 0 aliphatic carbocycles. The number of halogens is 4. The number of ether oxygens (including phenoxy) is 1. The number of amidine groups is 1. The Labute approximate surface area is 175 Å². The minimum atomic E-state index is -2.88. The number of hydrogen-bond donors (Lipinski definition) is 3. The Kier molecular flexibility index (Phi) is 5.73. The zero-order valence-corrected chi connectivity index (χ0v) is 16.7. The monoisotopic (exact) mass is 441 g/mol. The number of aromatic nitrogens is 2. The van der Waals surface area contributed by atoms with Gasteiger partial charge in [0.2, 0.25) is 0 Å². The van der Waals surface area contributed by atoms with Gasteiger partial charge in [-0.25, -0.2) is 19.6 Å². The van der Waals surface area contributed by atoms with Gasteiger partial charge < -0.3 is 10.5 Å². The predicted octanol–water partition coefficient (Wildman–Crippen LogP) is 1.86. The first kappa shape index (κ1) is 21.7. The second-order valence-electron chi connectivity index (χ2n) is 7.81. The SMILES string of the molecule is CN(N)C(=N)c1nc2c(n1C(F)F)CN(C1CO[C@H](c3cc(F)ccc3F)C(N)C1)C2. The second kappa shape index (κ2) is 8.19. The van der Waals surface area contributed by atoms with Crippen LogP contribution in [0.4, 0.5) is 17.6 Å². The maximum atomic E-state index is 14.1. The highest BCUT2D eigenvalue weighted by Gasteiger charge is 2.39. The van der Waals surface area contributed by atoms with Crippen molar-refractivity contribution in [2.45, 2.75) is 44.2 Å². The average molecular weight is 441 g/mol. The summed E-state index contributed by atoms with van der Waals surface area (Å²) in [6.45, 7) is -2.24. The molecule has 3 heterocycles. The van der Waals surface area contributed by atoms with E-state index in [-0.39, 0.29) is 43.0 Å². The van der Waals surface area contributed by atoms with Crippen LogP contribution in [0.1, 0.15) is 41.8 Å². The number of rotatable bonds is 4. The lowest BCUT2D eigenvalue weighted by atomic mass is 9.93. The molecule has 0 amide bonds. The third-order valence-corrected chi connectivity index (χ3v) is 5.74. The van der Waals surface area contributed by atoms with Crippen molar-refractivity contribution in [3.8, 4) is 0 Å². The number of hydrogen-bond acceptors (Lipinski definition) is 6. The molecule has 0 bridgehead atoms. The Morgan fingerprint density at radius 3 is 2.71 bits per heavy atom. The van der Waals surface area contributed by atoms with Crippen molar-refractivity contribution in [1.82, 2.24) is 19.5 Å². The van der Waals surface area contributed by atoms with Crippen LogP contribution in [-0.2, 0) is 17.8 Å². The van der Waals surface area contributed by atoms with E-state index in [0.717, 1.165) is 27.8 Å². The van der Waals surface area contributed by atoms with Crippen LogP contribution in [0.25, 0.3) is 0 Å². The standard InChI is InChI=1S/C19H23F4N7O/c1-28(26)17(25)18-27-14-6-29(7-15(14)30(18)19(22)23)10-5-13(24)16(31-8-10)11-4-9(20)2-3-12(11)21/h2-4,10,13,16,19,25H,5-8,24,26H2,1H3/t10?,13?,16-/m1/s1. The highest BCUT2D eigenvalue weighted by Crippen LogP contribution is 2.35. The van der Waals surface area contributed by atoms with Gasteiger partial charge in [-0.05, 0) is 24.6 Å². The lowest BCUT2D eigenvalue weighted by Crippen LogP contribution is -2.48. The van der Waals surface area contributed by atoms with Gasteiger partial charge in [-0.2, -0.15) is 8.78 Å². The maximum Gasteiger partial charge on any atom is 0.320 e. The Morgan fingerprint density at radius 2 is 2.06 bits per heavy atom. The summed E-state index contributed by atoms with van der Waals surface area (Å²) in [5.74, 6) is 3.84. The second-order valence-corrected chi connectivity index (χ2v) is 7.81. The third-order valence-electron chi connectivity index (χ3n) is 5.74. The number of nitrogens with one attached hydrogen (secondary N) is 1. The van der Waals surface area contributed by atoms with Gasteiger partial charge in [0, 0.05) is 37.8 Å². The smallest absolute Gasteiger partial charge is 0.320 e. The van der Waals surface area contributed by atoms with E-state index < -0.39 is 30.3 Å². The lowest BCUT2D eigenvalue weighted by Gasteiger charge is -2.38. The Morgan fingerprint density at radius 1 is 1.32 bits per heavy atom. The molecule has 31 heavy (non-hydrogen) atoms. The normalized spacial score (nSPS) is 23.9. The molecule has 2 unspecified atom stereocenters. The van der Waals surface area contributed by atoms with E-state index in [0.29, 0.717) is 17.8 Å². The van der Waals surface area contributed by atoms with Gasteiger partial charge >= 0.3 is 6.55 Å². The van der Waals surface area contributed by atoms with E-state index in [1.165, 1.54) is 7.05 Å². The summed E-state index contributed by atoms with van der Waals surface area (Å²) >= 11 is 0. The molecule has 1 fully saturated rings. The number of alkyl halides is 2. The molecule has 168 valence electrons. The fraction of sp³-hybridized carbons (Fsp3) is 0.474. The number of benzene rings is 1. The van der Waals surface area contributed by atoms with Crippen molar-refractivity contribution in [2.24, 2.45) is 11.6 Å². The Hall–Kier alpha value is -2.54. The first-order valence-corrected chi connectivity index (χ1v) is 9.69. The van der Waals surface area contributed by atoms with E-state index >= 15 is 0 Å². The van der Waals surface area contributed by atoms with Crippen molar-refractivity contribution in [3.05, 3.63) is 52.6 Å². The quantitative estimate of drug-likeness (QED) is 0.220. The minimum Gasteiger partial charge on any atom is -0.370 e. The van der Waals surface area contributed by atoms with Gasteiger partial charge in [0.05, 0.1) is 18.0 Å². The van der Waals surface area contributed by atoms with Crippen molar-refractivity contribution in [1.29, 1.82) is 5.41 Å². The summed E-state index contributed by atoms with van der Waals surface area (Å²) in [5.41, 5.74) is 7.03. The molecule has 1 aromatic carbocycles. The van der Waals surface area contributed by atoms with Crippen LogP contribution < -0.4 is 11.6 Å². The van der Waals surface area contributed by atoms with E-state index in [1.54, 1.807) is 0 Å². The molecule has 2 aliphatic heterocycles. The molecule has 0 spiro atoms. The van der Waals surface area contributed by atoms with Crippen LogP contribution in [-0.4, -0.2) is 51.0 Å². The molecule has 12 heteroatoms. The summed E-state index contributed by atoms with van der Waals surface area (Å²) in [6.07, 6.45) is -0.384. The number of hydrazine groups is 1. The summed E-state index contributed by atoms with van der Waals surface area (Å²) in [5, 5.41) is 8.84. The van der Waals surface area contributed by atoms with E-state index in [9.17, 15) is 17.6 Å². The van der Waals surface area contributed by atoms with Gasteiger partial charge in [0.15, 0.2) is 11.7 Å². The van der Waals surface area contributed by atoms with Crippen LogP contribution in [0.5, 0.6) is 0 Å². The van der Waals surface area contributed by atoms with Crippen molar-refractivity contribution in [3.63, 3.8) is 0 Å². The number of nitrogens with two attached hydrogens (primary N) is 2. The van der Waals surface area contributed by atoms with E-state index in [4.69, 9.17) is 21.7 Å². The molecule has 5 N–H and O–H groups in total. The predicted molar refractivity (Wildman–Crippen MR) is 103 cm³/mol. The summed E-state index contributed by atoms with van der Waals surface area (Å²) < 4.78 is 61.6. The lowest BCUT2D eigenvalue weighted by molar-refractivity contribution is -0.0539. The van der Waals surface area contributed by atoms with Crippen LogP contribution in [0.3, 0.4) is 0 Å². The number of nitrogens with zero attached hydrogens (tertiary/aromatic N) is 4. The first-order valence-electron chi connectivity index (χ1n) is 9.69. The Bertz CT molecular complexity index is 996. The number of fused-ring (bicyclic) bond motifs is 1. The topological polar surface area (TPSA) is 109 Å². The Balaban J connectivity index is 1.49. The van der Waals surface area contributed by atoms with Gasteiger partial charge in [-0.15, -0.1) is 0 Å². The molecular formula is C19H23F4N7O. The minimum absolute atomic E-state index is 0.0653. The first-order chi connectivity index (χ1) is 14.7. The molecule has 2 aromatic rings. The highest BCUT2D eigenvalue weighted by atomic mass is 19.3. The molecule has 3 atom stereocenters.